The van der Waals surface area contributed by atoms with Crippen molar-refractivity contribution in [2.45, 2.75) is 32.2 Å². The molecule has 1 unspecified atom stereocenters. The molecule has 1 saturated heterocycles. The minimum Gasteiger partial charge on any atom is -0.497 e. The minimum atomic E-state index is -3.82. The van der Waals surface area contributed by atoms with E-state index in [9.17, 15) is 16.8 Å². The Kier molecular flexibility index (Phi) is 6.34. The van der Waals surface area contributed by atoms with Crippen LogP contribution >= 0.6 is 0 Å². The lowest BCUT2D eigenvalue weighted by atomic mass is 10.2. The van der Waals surface area contributed by atoms with E-state index >= 15 is 0 Å². The monoisotopic (exact) mass is 390 g/mol. The molecule has 0 N–H and O–H groups in total. The number of rotatable bonds is 8. The lowest BCUT2D eigenvalue weighted by Crippen LogP contribution is -2.48. The van der Waals surface area contributed by atoms with E-state index in [4.69, 9.17) is 4.74 Å². The highest BCUT2D eigenvalue weighted by Gasteiger charge is 2.39. The molecule has 25 heavy (non-hydrogen) atoms. The average Bonchev–Trinajstić information content (AvgIpc) is 2.92. The Morgan fingerprint density at radius 2 is 1.88 bits per heavy atom. The second-order valence-corrected chi connectivity index (χ2v) is 10.4. The summed E-state index contributed by atoms with van der Waals surface area (Å²) >= 11 is 0. The van der Waals surface area contributed by atoms with Crippen LogP contribution in [0.1, 0.15) is 26.2 Å². The van der Waals surface area contributed by atoms with Crippen molar-refractivity contribution in [3.8, 4) is 5.75 Å². The van der Waals surface area contributed by atoms with Crippen LogP contribution in [-0.4, -0.2) is 59.4 Å². The second kappa shape index (κ2) is 7.92. The van der Waals surface area contributed by atoms with E-state index < -0.39 is 26.1 Å². The molecule has 7 nitrogen and oxygen atoms in total. The molecule has 0 aromatic heterocycles. The average molecular weight is 391 g/mol. The van der Waals surface area contributed by atoms with Gasteiger partial charge < -0.3 is 4.74 Å². The van der Waals surface area contributed by atoms with Crippen LogP contribution in [0.25, 0.3) is 0 Å². The molecule has 1 atom stereocenters. The number of sulfone groups is 1. The smallest absolute Gasteiger partial charge is 0.304 e. The topological polar surface area (TPSA) is 84.0 Å². The first-order valence-electron chi connectivity index (χ1n) is 8.31. The van der Waals surface area contributed by atoms with Gasteiger partial charge in [0.1, 0.15) is 5.75 Å². The van der Waals surface area contributed by atoms with Crippen molar-refractivity contribution in [3.63, 3.8) is 0 Å². The highest BCUT2D eigenvalue weighted by molar-refractivity contribution is 7.92. The maximum Gasteiger partial charge on any atom is 0.304 e. The van der Waals surface area contributed by atoms with Crippen molar-refractivity contribution < 1.29 is 21.6 Å². The van der Waals surface area contributed by atoms with Crippen LogP contribution in [0.4, 0.5) is 5.69 Å². The molecule has 0 spiro atoms. The Labute approximate surface area is 150 Å². The van der Waals surface area contributed by atoms with Crippen molar-refractivity contribution in [2.24, 2.45) is 0 Å². The number of nitrogens with zero attached hydrogens (tertiary/aromatic N) is 2. The van der Waals surface area contributed by atoms with Gasteiger partial charge in [-0.3, -0.25) is 4.31 Å². The molecule has 1 aromatic carbocycles. The Bertz CT molecular complexity index is 775. The fraction of sp³-hybridized carbons (Fsp3) is 0.625. The zero-order valence-corrected chi connectivity index (χ0v) is 16.5. The molecule has 9 heteroatoms. The summed E-state index contributed by atoms with van der Waals surface area (Å²) in [5.74, 6) is 0.470. The Morgan fingerprint density at radius 1 is 1.24 bits per heavy atom. The molecule has 142 valence electrons. The summed E-state index contributed by atoms with van der Waals surface area (Å²) in [4.78, 5) is 0. The highest BCUT2D eigenvalue weighted by Crippen LogP contribution is 2.30. The van der Waals surface area contributed by atoms with E-state index in [0.717, 1.165) is 12.8 Å². The van der Waals surface area contributed by atoms with E-state index in [-0.39, 0.29) is 11.5 Å². The third-order valence-electron chi connectivity index (χ3n) is 4.34. The molecule has 1 aromatic rings. The predicted molar refractivity (Wildman–Crippen MR) is 99.0 cm³/mol. The molecule has 0 amide bonds. The summed E-state index contributed by atoms with van der Waals surface area (Å²) in [6, 6.07) is 6.05. The molecule has 0 radical (unpaired) electrons. The number of unbranched alkanes of at least 4 members (excludes halogenated alkanes) is 1. The van der Waals surface area contributed by atoms with Gasteiger partial charge in [-0.2, -0.15) is 12.7 Å². The molecule has 1 aliphatic heterocycles. The van der Waals surface area contributed by atoms with Crippen LogP contribution in [0, 0.1) is 0 Å². The normalized spacial score (nSPS) is 19.9. The fourth-order valence-corrected chi connectivity index (χ4v) is 6.27. The molecule has 0 bridgehead atoms. The van der Waals surface area contributed by atoms with Gasteiger partial charge in [-0.15, -0.1) is 0 Å². The third-order valence-corrected chi connectivity index (χ3v) is 8.06. The van der Waals surface area contributed by atoms with Gasteiger partial charge in [0.05, 0.1) is 30.3 Å². The number of anilines is 1. The maximum absolute atomic E-state index is 13.1. The molecule has 0 saturated carbocycles. The SMILES string of the molecule is CCCCN(C)S(=O)(=O)N(c1ccc(OC)cc1)C1CCS(=O)(=O)C1. The standard InChI is InChI=1S/C16H26N2O5S2/c1-4-5-11-17(2)25(21,22)18(15-10-12-24(19,20)13-15)14-6-8-16(23-3)9-7-14/h6-9,15H,4-5,10-13H2,1-3H3. The van der Waals surface area contributed by atoms with E-state index in [1.807, 2.05) is 6.92 Å². The fourth-order valence-electron chi connectivity index (χ4n) is 2.87. The van der Waals surface area contributed by atoms with Crippen LogP contribution in [0.5, 0.6) is 5.75 Å². The van der Waals surface area contributed by atoms with Gasteiger partial charge in [-0.1, -0.05) is 13.3 Å². The Morgan fingerprint density at radius 3 is 2.36 bits per heavy atom. The number of ether oxygens (including phenoxy) is 1. The highest BCUT2D eigenvalue weighted by atomic mass is 32.2. The zero-order valence-electron chi connectivity index (χ0n) is 14.9. The van der Waals surface area contributed by atoms with Crippen LogP contribution < -0.4 is 9.04 Å². The van der Waals surface area contributed by atoms with Crippen molar-refractivity contribution in [1.82, 2.24) is 4.31 Å². The van der Waals surface area contributed by atoms with E-state index in [1.165, 1.54) is 22.8 Å². The number of hydrogen-bond donors (Lipinski definition) is 0. The Hall–Kier alpha value is -1.32. The van der Waals surface area contributed by atoms with Gasteiger partial charge in [0.15, 0.2) is 9.84 Å². The van der Waals surface area contributed by atoms with Crippen LogP contribution in [0.15, 0.2) is 24.3 Å². The van der Waals surface area contributed by atoms with Gasteiger partial charge in [0.2, 0.25) is 0 Å². The first kappa shape index (κ1) is 20.0. The van der Waals surface area contributed by atoms with Crippen LogP contribution in [0.2, 0.25) is 0 Å². The van der Waals surface area contributed by atoms with E-state index in [2.05, 4.69) is 0 Å². The van der Waals surface area contributed by atoms with Crippen molar-refractivity contribution >= 4 is 25.7 Å². The summed E-state index contributed by atoms with van der Waals surface area (Å²) in [7, 11) is -3.97. The van der Waals surface area contributed by atoms with Gasteiger partial charge >= 0.3 is 10.2 Å². The predicted octanol–water partition coefficient (Wildman–Crippen LogP) is 1.67. The summed E-state index contributed by atoms with van der Waals surface area (Å²) in [6.07, 6.45) is 1.92. The van der Waals surface area contributed by atoms with Gasteiger partial charge in [-0.05, 0) is 37.1 Å². The van der Waals surface area contributed by atoms with E-state index in [1.54, 1.807) is 24.3 Å². The molecule has 1 fully saturated rings. The maximum atomic E-state index is 13.1. The van der Waals surface area contributed by atoms with Gasteiger partial charge in [0.25, 0.3) is 0 Å². The largest absolute Gasteiger partial charge is 0.497 e. The minimum absolute atomic E-state index is 0.0124. The molecule has 2 rings (SSSR count). The summed E-state index contributed by atoms with van der Waals surface area (Å²) < 4.78 is 57.7. The number of hydrogen-bond acceptors (Lipinski definition) is 5. The summed E-state index contributed by atoms with van der Waals surface area (Å²) in [5, 5.41) is 0. The van der Waals surface area contributed by atoms with E-state index in [0.29, 0.717) is 24.4 Å². The third kappa shape index (κ3) is 4.65. The number of benzene rings is 1. The molecule has 1 aliphatic rings. The Balaban J connectivity index is 2.41. The molecular weight excluding hydrogens is 364 g/mol. The zero-order chi connectivity index (χ0) is 18.7. The van der Waals surface area contributed by atoms with Crippen molar-refractivity contribution in [1.29, 1.82) is 0 Å². The second-order valence-electron chi connectivity index (χ2n) is 6.23. The lowest BCUT2D eigenvalue weighted by Gasteiger charge is -2.33. The molecular formula is C16H26N2O5S2. The summed E-state index contributed by atoms with van der Waals surface area (Å²) in [6.45, 7) is 2.39. The van der Waals surface area contributed by atoms with Crippen LogP contribution in [0.3, 0.4) is 0 Å². The molecule has 0 aliphatic carbocycles. The number of methoxy groups -OCH3 is 1. The first-order valence-corrected chi connectivity index (χ1v) is 11.5. The molecule has 1 heterocycles. The van der Waals surface area contributed by atoms with Crippen molar-refractivity contribution in [3.05, 3.63) is 24.3 Å². The van der Waals surface area contributed by atoms with Gasteiger partial charge in [-0.25, -0.2) is 8.42 Å². The quantitative estimate of drug-likeness (QED) is 0.674. The lowest BCUT2D eigenvalue weighted by molar-refractivity contribution is 0.414. The van der Waals surface area contributed by atoms with Crippen molar-refractivity contribution in [2.75, 3.05) is 36.5 Å². The summed E-state index contributed by atoms with van der Waals surface area (Å²) in [5.41, 5.74) is 0.450. The first-order chi connectivity index (χ1) is 11.7. The van der Waals surface area contributed by atoms with Gasteiger partial charge in [0, 0.05) is 13.6 Å². The van der Waals surface area contributed by atoms with Crippen LogP contribution in [-0.2, 0) is 20.0 Å².